The molecule has 0 aliphatic carbocycles. The number of hydrogen-bond donors (Lipinski definition) is 4. The van der Waals surface area contributed by atoms with Crippen molar-refractivity contribution >= 4 is 17.6 Å². The van der Waals surface area contributed by atoms with Crippen molar-refractivity contribution in [3.05, 3.63) is 65.2 Å². The number of rotatable bonds is 5. The van der Waals surface area contributed by atoms with Crippen LogP contribution in [0.5, 0.6) is 0 Å². The third-order valence-corrected chi connectivity index (χ3v) is 3.86. The Morgan fingerprint density at radius 3 is 2.15 bits per heavy atom. The summed E-state index contributed by atoms with van der Waals surface area (Å²) >= 11 is 0. The summed E-state index contributed by atoms with van der Waals surface area (Å²) in [6.07, 6.45) is 0. The molecule has 1 atom stereocenters. The fraction of sp³-hybridized carbons (Fsp3) is 0.211. The second-order valence-electron chi connectivity index (χ2n) is 6.07. The second-order valence-corrected chi connectivity index (χ2v) is 6.07. The van der Waals surface area contributed by atoms with Crippen molar-refractivity contribution in [2.45, 2.75) is 19.9 Å². The minimum atomic E-state index is -0.593. The molecule has 134 valence electrons. The lowest BCUT2D eigenvalue weighted by Gasteiger charge is -2.23. The van der Waals surface area contributed by atoms with Crippen molar-refractivity contribution in [2.24, 2.45) is 5.92 Å². The average Bonchev–Trinajstić information content (AvgIpc) is 2.66. The van der Waals surface area contributed by atoms with E-state index >= 15 is 0 Å². The summed E-state index contributed by atoms with van der Waals surface area (Å²) in [4.78, 5) is 23.7. The third kappa shape index (κ3) is 4.82. The summed E-state index contributed by atoms with van der Waals surface area (Å²) < 4.78 is 0. The smallest absolute Gasteiger partial charge is 0.319 e. The average molecular weight is 352 g/mol. The summed E-state index contributed by atoms with van der Waals surface area (Å²) in [7, 11) is 0. The number of nitrogens with one attached hydrogen (secondary N) is 3. The van der Waals surface area contributed by atoms with Crippen LogP contribution in [0.15, 0.2) is 48.5 Å². The molecule has 2 aromatic carbocycles. The second kappa shape index (κ2) is 8.65. The molecule has 0 aromatic heterocycles. The van der Waals surface area contributed by atoms with E-state index in [9.17, 15) is 9.59 Å². The lowest BCUT2D eigenvalue weighted by Crippen LogP contribution is -2.35. The van der Waals surface area contributed by atoms with Gasteiger partial charge in [0.2, 0.25) is 0 Å². The lowest BCUT2D eigenvalue weighted by molar-refractivity contribution is 0.0706. The summed E-state index contributed by atoms with van der Waals surface area (Å²) in [5, 5.41) is 23.1. The Morgan fingerprint density at radius 1 is 1.04 bits per heavy atom. The standard InChI is InChI=1S/C19H20N4O3/c1-12(2)17(14-5-7-15(8-6-14)18(24)23-26)22-19(25)21-16-9-3-13(11-20)4-10-16/h3-10,12,17,26H,1-2H3,(H,23,24)(H2,21,22,25)/t17-/m1/s1. The molecule has 2 aromatic rings. The first-order valence-corrected chi connectivity index (χ1v) is 8.06. The molecule has 0 aliphatic heterocycles. The van der Waals surface area contributed by atoms with Crippen LogP contribution in [0.2, 0.25) is 0 Å². The fourth-order valence-electron chi connectivity index (χ4n) is 2.48. The zero-order valence-corrected chi connectivity index (χ0v) is 14.5. The van der Waals surface area contributed by atoms with Crippen LogP contribution in [0.3, 0.4) is 0 Å². The van der Waals surface area contributed by atoms with Gasteiger partial charge in [-0.05, 0) is 47.9 Å². The van der Waals surface area contributed by atoms with Gasteiger partial charge >= 0.3 is 6.03 Å². The molecule has 7 nitrogen and oxygen atoms in total. The number of carbonyl (C=O) groups excluding carboxylic acids is 2. The van der Waals surface area contributed by atoms with Gasteiger partial charge in [-0.15, -0.1) is 0 Å². The minimum Gasteiger partial charge on any atom is -0.331 e. The van der Waals surface area contributed by atoms with E-state index in [1.165, 1.54) is 0 Å². The van der Waals surface area contributed by atoms with E-state index in [1.54, 1.807) is 54.0 Å². The highest BCUT2D eigenvalue weighted by atomic mass is 16.5. The van der Waals surface area contributed by atoms with Gasteiger partial charge in [0.15, 0.2) is 0 Å². The van der Waals surface area contributed by atoms with E-state index in [-0.39, 0.29) is 18.0 Å². The summed E-state index contributed by atoms with van der Waals surface area (Å²) in [6, 6.07) is 14.6. The number of hydroxylamine groups is 1. The van der Waals surface area contributed by atoms with Crippen molar-refractivity contribution in [3.63, 3.8) is 0 Å². The topological polar surface area (TPSA) is 114 Å². The van der Waals surface area contributed by atoms with Crippen LogP contribution in [0, 0.1) is 17.2 Å². The van der Waals surface area contributed by atoms with Crippen molar-refractivity contribution in [3.8, 4) is 6.07 Å². The quantitative estimate of drug-likeness (QED) is 0.489. The maximum atomic E-state index is 12.3. The zero-order chi connectivity index (χ0) is 19.1. The highest BCUT2D eigenvalue weighted by Gasteiger charge is 2.19. The Labute approximate surface area is 151 Å². The van der Waals surface area contributed by atoms with Crippen LogP contribution in [-0.4, -0.2) is 17.1 Å². The number of carbonyl (C=O) groups is 2. The Hall–Kier alpha value is -3.37. The lowest BCUT2D eigenvalue weighted by atomic mass is 9.95. The first kappa shape index (κ1) is 19.0. The summed E-state index contributed by atoms with van der Waals surface area (Å²) in [5.74, 6) is -0.483. The molecule has 0 unspecified atom stereocenters. The van der Waals surface area contributed by atoms with E-state index in [0.717, 1.165) is 5.56 Å². The van der Waals surface area contributed by atoms with E-state index < -0.39 is 5.91 Å². The number of benzene rings is 2. The number of nitrogens with zero attached hydrogens (tertiary/aromatic N) is 1. The molecular formula is C19H20N4O3. The molecule has 4 N–H and O–H groups in total. The van der Waals surface area contributed by atoms with Crippen LogP contribution in [0.25, 0.3) is 0 Å². The van der Waals surface area contributed by atoms with Gasteiger partial charge in [0.1, 0.15) is 0 Å². The highest BCUT2D eigenvalue weighted by Crippen LogP contribution is 2.22. The normalized spacial score (nSPS) is 11.3. The molecule has 26 heavy (non-hydrogen) atoms. The van der Waals surface area contributed by atoms with Gasteiger partial charge in [0.25, 0.3) is 5.91 Å². The molecule has 0 fully saturated rings. The van der Waals surface area contributed by atoms with E-state index in [4.69, 9.17) is 10.5 Å². The number of anilines is 1. The van der Waals surface area contributed by atoms with Crippen LogP contribution in [0.4, 0.5) is 10.5 Å². The number of urea groups is 1. The Balaban J connectivity index is 2.08. The molecular weight excluding hydrogens is 332 g/mol. The molecule has 0 bridgehead atoms. The van der Waals surface area contributed by atoms with Gasteiger partial charge in [-0.3, -0.25) is 10.0 Å². The van der Waals surface area contributed by atoms with E-state index in [0.29, 0.717) is 16.8 Å². The first-order chi connectivity index (χ1) is 12.4. The van der Waals surface area contributed by atoms with E-state index in [2.05, 4.69) is 10.6 Å². The maximum Gasteiger partial charge on any atom is 0.319 e. The van der Waals surface area contributed by atoms with Crippen LogP contribution >= 0.6 is 0 Å². The fourth-order valence-corrected chi connectivity index (χ4v) is 2.48. The largest absolute Gasteiger partial charge is 0.331 e. The molecule has 3 amide bonds. The van der Waals surface area contributed by atoms with Gasteiger partial charge in [0.05, 0.1) is 17.7 Å². The molecule has 2 rings (SSSR count). The molecule has 0 saturated heterocycles. The Bertz CT molecular complexity index is 808. The van der Waals surface area contributed by atoms with Crippen molar-refractivity contribution < 1.29 is 14.8 Å². The van der Waals surface area contributed by atoms with Gasteiger partial charge in [-0.25, -0.2) is 10.3 Å². The van der Waals surface area contributed by atoms with Gasteiger partial charge in [-0.1, -0.05) is 26.0 Å². The molecule has 0 radical (unpaired) electrons. The molecule has 0 aliphatic rings. The van der Waals surface area contributed by atoms with Crippen molar-refractivity contribution in [2.75, 3.05) is 5.32 Å². The number of hydrogen-bond acceptors (Lipinski definition) is 4. The van der Waals surface area contributed by atoms with Crippen LogP contribution in [0.1, 0.15) is 41.4 Å². The van der Waals surface area contributed by atoms with Crippen molar-refractivity contribution in [1.82, 2.24) is 10.8 Å². The Morgan fingerprint density at radius 2 is 1.65 bits per heavy atom. The molecule has 7 heteroatoms. The van der Waals surface area contributed by atoms with Gasteiger partial charge in [0, 0.05) is 11.3 Å². The number of amides is 3. The monoisotopic (exact) mass is 352 g/mol. The maximum absolute atomic E-state index is 12.3. The predicted molar refractivity (Wildman–Crippen MR) is 96.6 cm³/mol. The zero-order valence-electron chi connectivity index (χ0n) is 14.5. The molecule has 0 heterocycles. The van der Waals surface area contributed by atoms with E-state index in [1.807, 2.05) is 19.9 Å². The predicted octanol–water partition coefficient (Wildman–Crippen LogP) is 3.20. The minimum absolute atomic E-state index is 0.110. The molecule has 0 saturated carbocycles. The van der Waals surface area contributed by atoms with Gasteiger partial charge < -0.3 is 10.6 Å². The van der Waals surface area contributed by atoms with Crippen LogP contribution in [-0.2, 0) is 0 Å². The number of nitriles is 1. The third-order valence-electron chi connectivity index (χ3n) is 3.86. The Kier molecular flexibility index (Phi) is 6.31. The van der Waals surface area contributed by atoms with Gasteiger partial charge in [-0.2, -0.15) is 5.26 Å². The SMILES string of the molecule is CC(C)[C@@H](NC(=O)Nc1ccc(C#N)cc1)c1ccc(C(=O)NO)cc1. The van der Waals surface area contributed by atoms with Crippen LogP contribution < -0.4 is 16.1 Å². The molecule has 0 spiro atoms. The summed E-state index contributed by atoms with van der Waals surface area (Å²) in [5.41, 5.74) is 3.84. The van der Waals surface area contributed by atoms with Crippen molar-refractivity contribution in [1.29, 1.82) is 5.26 Å². The summed E-state index contributed by atoms with van der Waals surface area (Å²) in [6.45, 7) is 3.95. The first-order valence-electron chi connectivity index (χ1n) is 8.06. The highest BCUT2D eigenvalue weighted by molar-refractivity contribution is 5.93.